The largest absolute Gasteiger partial charge is 0.465 e. The van der Waals surface area contributed by atoms with E-state index in [4.69, 9.17) is 9.52 Å². The van der Waals surface area contributed by atoms with Crippen LogP contribution in [0.5, 0.6) is 0 Å². The summed E-state index contributed by atoms with van der Waals surface area (Å²) < 4.78 is 5.30. The molecule has 0 aliphatic heterocycles. The summed E-state index contributed by atoms with van der Waals surface area (Å²) in [6, 6.07) is 3.81. The fourth-order valence-corrected chi connectivity index (χ4v) is 7.26. The first-order valence-electron chi connectivity index (χ1n) is 11.7. The lowest BCUT2D eigenvalue weighted by Gasteiger charge is -2.57. The van der Waals surface area contributed by atoms with Crippen molar-refractivity contribution >= 4 is 18.0 Å². The average Bonchev–Trinajstić information content (AvgIpc) is 3.36. The minimum Gasteiger partial charge on any atom is -0.465 e. The maximum atomic E-state index is 10.2. The highest BCUT2D eigenvalue weighted by Gasteiger charge is 2.57. The van der Waals surface area contributed by atoms with Crippen LogP contribution in [0, 0.1) is 28.6 Å². The zero-order chi connectivity index (χ0) is 20.8. The minimum atomic E-state index is -0.125. The second kappa shape index (κ2) is 7.64. The molecule has 3 fully saturated rings. The zero-order valence-electron chi connectivity index (χ0n) is 18.3. The molecule has 5 rings (SSSR count). The minimum absolute atomic E-state index is 0.125. The lowest BCUT2D eigenvalue weighted by molar-refractivity contribution is -0.0209. The molecule has 4 aliphatic carbocycles. The molecule has 1 aromatic heterocycles. The van der Waals surface area contributed by atoms with Gasteiger partial charge in [-0.3, -0.25) is 0 Å². The topological polar surface area (TPSA) is 58.1 Å². The van der Waals surface area contributed by atoms with Crippen molar-refractivity contribution in [1.82, 2.24) is 0 Å². The first kappa shape index (κ1) is 20.0. The molecule has 0 unspecified atom stereocenters. The maximum absolute atomic E-state index is 10.2. The van der Waals surface area contributed by atoms with Crippen LogP contribution in [0.3, 0.4) is 0 Å². The molecule has 0 saturated heterocycles. The SMILES string of the molecule is C[C@]12CC[C@H](O)CC1=CC[C@@H]1[C@H]2CC[C@]2(C)\C(=N/N=C\C=C\c3ccco3)CC[C@@H]12. The molecule has 0 radical (unpaired) electrons. The van der Waals surface area contributed by atoms with Crippen LogP contribution in [0.25, 0.3) is 6.08 Å². The molecule has 4 heteroatoms. The highest BCUT2D eigenvalue weighted by atomic mass is 16.3. The van der Waals surface area contributed by atoms with Gasteiger partial charge < -0.3 is 9.52 Å². The molecule has 4 nitrogen and oxygen atoms in total. The third kappa shape index (κ3) is 3.24. The smallest absolute Gasteiger partial charge is 0.126 e. The Balaban J connectivity index is 1.33. The van der Waals surface area contributed by atoms with Gasteiger partial charge in [-0.05, 0) is 98.8 Å². The third-order valence-corrected chi connectivity index (χ3v) is 8.95. The van der Waals surface area contributed by atoms with Gasteiger partial charge in [-0.2, -0.15) is 10.2 Å². The van der Waals surface area contributed by atoms with E-state index in [-0.39, 0.29) is 11.5 Å². The first-order valence-corrected chi connectivity index (χ1v) is 11.7. The van der Waals surface area contributed by atoms with Gasteiger partial charge in [0.15, 0.2) is 0 Å². The lowest BCUT2D eigenvalue weighted by Crippen LogP contribution is -2.50. The Kier molecular flexibility index (Phi) is 5.09. The van der Waals surface area contributed by atoms with E-state index in [0.717, 1.165) is 43.3 Å². The number of hydrogen-bond acceptors (Lipinski definition) is 4. The Labute approximate surface area is 179 Å². The number of rotatable bonds is 3. The number of hydrogen-bond donors (Lipinski definition) is 1. The Morgan fingerprint density at radius 3 is 2.80 bits per heavy atom. The van der Waals surface area contributed by atoms with Gasteiger partial charge in [-0.1, -0.05) is 25.5 Å². The average molecular weight is 407 g/mol. The number of fused-ring (bicyclic) bond motifs is 5. The quantitative estimate of drug-likeness (QED) is 0.378. The summed E-state index contributed by atoms with van der Waals surface area (Å²) in [5.41, 5.74) is 3.34. The summed E-state index contributed by atoms with van der Waals surface area (Å²) in [6.07, 6.45) is 18.6. The molecule has 1 heterocycles. The highest BCUT2D eigenvalue weighted by Crippen LogP contribution is 2.64. The van der Waals surface area contributed by atoms with E-state index in [1.165, 1.54) is 31.4 Å². The van der Waals surface area contributed by atoms with Crippen LogP contribution < -0.4 is 0 Å². The summed E-state index contributed by atoms with van der Waals surface area (Å²) >= 11 is 0. The third-order valence-electron chi connectivity index (χ3n) is 8.95. The molecule has 4 aliphatic rings. The van der Waals surface area contributed by atoms with Crippen molar-refractivity contribution in [2.24, 2.45) is 38.8 Å². The van der Waals surface area contributed by atoms with Crippen LogP contribution >= 0.6 is 0 Å². The molecule has 0 aromatic carbocycles. The summed E-state index contributed by atoms with van der Waals surface area (Å²) in [7, 11) is 0. The standard InChI is InChI=1S/C26H34N2O2/c1-25-13-11-19(29)17-18(25)7-8-21-22-9-10-24(26(22,2)14-12-23(21)25)28-27-15-3-5-20-6-4-16-30-20/h3-7,15-16,19,21-23,29H,8-14,17H2,1-2H3/b5-3+,27-15-,28-24-/t19-,21-,22-,23+,25-,26-/m0/s1. The number of aliphatic hydroxyl groups is 1. The number of nitrogens with zero attached hydrogens (tertiary/aromatic N) is 2. The Bertz CT molecular complexity index is 896. The van der Waals surface area contributed by atoms with Gasteiger partial charge in [0, 0.05) is 17.3 Å². The van der Waals surface area contributed by atoms with Crippen molar-refractivity contribution in [2.75, 3.05) is 0 Å². The molecule has 3 saturated carbocycles. The van der Waals surface area contributed by atoms with E-state index in [1.807, 2.05) is 24.3 Å². The van der Waals surface area contributed by atoms with E-state index in [9.17, 15) is 5.11 Å². The Morgan fingerprint density at radius 1 is 1.13 bits per heavy atom. The highest BCUT2D eigenvalue weighted by molar-refractivity contribution is 5.93. The normalized spacial score (nSPS) is 42.4. The van der Waals surface area contributed by atoms with E-state index in [0.29, 0.717) is 11.3 Å². The number of furan rings is 1. The van der Waals surface area contributed by atoms with Crippen LogP contribution in [-0.4, -0.2) is 23.1 Å². The van der Waals surface area contributed by atoms with Gasteiger partial charge >= 0.3 is 0 Å². The van der Waals surface area contributed by atoms with Crippen molar-refractivity contribution in [3.8, 4) is 0 Å². The molecule has 160 valence electrons. The molecular weight excluding hydrogens is 372 g/mol. The van der Waals surface area contributed by atoms with E-state index in [1.54, 1.807) is 18.1 Å². The summed E-state index contributed by atoms with van der Waals surface area (Å²) in [6.45, 7) is 4.93. The van der Waals surface area contributed by atoms with Crippen molar-refractivity contribution in [3.05, 3.63) is 41.9 Å². The monoisotopic (exact) mass is 406 g/mol. The molecule has 1 aromatic rings. The Hall–Kier alpha value is -1.94. The van der Waals surface area contributed by atoms with Gasteiger partial charge in [0.25, 0.3) is 0 Å². The predicted octanol–water partition coefficient (Wildman–Crippen LogP) is 6.04. The van der Waals surface area contributed by atoms with Crippen LogP contribution in [0.2, 0.25) is 0 Å². The van der Waals surface area contributed by atoms with Crippen LogP contribution in [0.4, 0.5) is 0 Å². The molecular formula is C26H34N2O2. The second-order valence-corrected chi connectivity index (χ2v) is 10.3. The van der Waals surface area contributed by atoms with Crippen molar-refractivity contribution in [1.29, 1.82) is 0 Å². The molecule has 0 bridgehead atoms. The van der Waals surface area contributed by atoms with E-state index < -0.39 is 0 Å². The van der Waals surface area contributed by atoms with Crippen LogP contribution in [0.1, 0.15) is 71.0 Å². The second-order valence-electron chi connectivity index (χ2n) is 10.3. The number of aliphatic hydroxyl groups excluding tert-OH is 1. The van der Waals surface area contributed by atoms with Gasteiger partial charge in [-0.15, -0.1) is 0 Å². The lowest BCUT2D eigenvalue weighted by atomic mass is 9.48. The zero-order valence-corrected chi connectivity index (χ0v) is 18.3. The van der Waals surface area contributed by atoms with Gasteiger partial charge in [0.1, 0.15) is 5.76 Å². The predicted molar refractivity (Wildman–Crippen MR) is 121 cm³/mol. The number of allylic oxidation sites excluding steroid dienone is 2. The first-order chi connectivity index (χ1) is 14.5. The van der Waals surface area contributed by atoms with Gasteiger partial charge in [0.2, 0.25) is 0 Å². The van der Waals surface area contributed by atoms with Crippen molar-refractivity contribution in [3.63, 3.8) is 0 Å². The van der Waals surface area contributed by atoms with Crippen LogP contribution in [-0.2, 0) is 0 Å². The van der Waals surface area contributed by atoms with Gasteiger partial charge in [0.05, 0.1) is 12.4 Å². The summed E-state index contributed by atoms with van der Waals surface area (Å²) in [4.78, 5) is 0. The molecule has 0 amide bonds. The van der Waals surface area contributed by atoms with E-state index >= 15 is 0 Å². The summed E-state index contributed by atoms with van der Waals surface area (Å²) in [5.74, 6) is 3.06. The fourth-order valence-electron chi connectivity index (χ4n) is 7.26. The molecule has 0 spiro atoms. The van der Waals surface area contributed by atoms with Crippen molar-refractivity contribution in [2.45, 2.75) is 71.3 Å². The fraction of sp³-hybridized carbons (Fsp3) is 0.615. The van der Waals surface area contributed by atoms with Crippen molar-refractivity contribution < 1.29 is 9.52 Å². The molecule has 1 N–H and O–H groups in total. The van der Waals surface area contributed by atoms with Crippen LogP contribution in [0.15, 0.2) is 50.7 Å². The summed E-state index contributed by atoms with van der Waals surface area (Å²) in [5, 5.41) is 19.3. The maximum Gasteiger partial charge on any atom is 0.126 e. The van der Waals surface area contributed by atoms with E-state index in [2.05, 4.69) is 25.0 Å². The molecule has 30 heavy (non-hydrogen) atoms. The Morgan fingerprint density at radius 2 is 1.97 bits per heavy atom. The molecule has 6 atom stereocenters. The van der Waals surface area contributed by atoms with Gasteiger partial charge in [-0.25, -0.2) is 0 Å².